The number of hydrogen-bond donors (Lipinski definition) is 1. The van der Waals surface area contributed by atoms with Gasteiger partial charge in [-0.25, -0.2) is 0 Å². The smallest absolute Gasteiger partial charge is 0.234 e. The molecule has 5 heteroatoms. The van der Waals surface area contributed by atoms with Crippen molar-refractivity contribution in [1.29, 1.82) is 0 Å². The topological polar surface area (TPSA) is 50.8 Å². The van der Waals surface area contributed by atoms with Gasteiger partial charge in [-0.15, -0.1) is 0 Å². The van der Waals surface area contributed by atoms with Gasteiger partial charge in [0.15, 0.2) is 0 Å². The molecule has 1 aromatic carbocycles. The third kappa shape index (κ3) is 9.33. The molecule has 23 heavy (non-hydrogen) atoms. The Morgan fingerprint density at radius 1 is 1.22 bits per heavy atom. The fourth-order valence-electron chi connectivity index (χ4n) is 2.24. The highest BCUT2D eigenvalue weighted by molar-refractivity contribution is 5.77. The molecule has 0 saturated carbocycles. The van der Waals surface area contributed by atoms with E-state index in [1.54, 1.807) is 7.11 Å². The first-order valence-corrected chi connectivity index (χ1v) is 8.24. The van der Waals surface area contributed by atoms with Crippen LogP contribution in [0.4, 0.5) is 0 Å². The number of likely N-dealkylation sites (N-methyl/N-ethyl adjacent to an activating group) is 1. The van der Waals surface area contributed by atoms with Gasteiger partial charge in [0.1, 0.15) is 0 Å². The predicted octanol–water partition coefficient (Wildman–Crippen LogP) is 2.24. The maximum atomic E-state index is 11.8. The second kappa shape index (κ2) is 12.0. The second-order valence-corrected chi connectivity index (χ2v) is 5.71. The molecule has 0 aliphatic heterocycles. The van der Waals surface area contributed by atoms with E-state index in [1.807, 2.05) is 37.1 Å². The molecule has 1 N–H and O–H groups in total. The van der Waals surface area contributed by atoms with Crippen molar-refractivity contribution in [3.05, 3.63) is 35.9 Å². The van der Waals surface area contributed by atoms with Gasteiger partial charge in [-0.2, -0.15) is 0 Å². The molecule has 0 heterocycles. The number of methoxy groups -OCH3 is 1. The Bertz CT molecular complexity index is 426. The van der Waals surface area contributed by atoms with Gasteiger partial charge < -0.3 is 14.8 Å². The Morgan fingerprint density at radius 2 is 1.96 bits per heavy atom. The van der Waals surface area contributed by atoms with Crippen molar-refractivity contribution >= 4 is 5.91 Å². The molecule has 1 aromatic rings. The molecule has 0 spiro atoms. The summed E-state index contributed by atoms with van der Waals surface area (Å²) in [5, 5.41) is 2.93. The molecule has 0 aliphatic carbocycles. The van der Waals surface area contributed by atoms with Crippen LogP contribution in [0.15, 0.2) is 30.3 Å². The van der Waals surface area contributed by atoms with Gasteiger partial charge in [0.25, 0.3) is 0 Å². The summed E-state index contributed by atoms with van der Waals surface area (Å²) in [4.78, 5) is 13.8. The quantitative estimate of drug-likeness (QED) is 0.600. The minimum absolute atomic E-state index is 0.0565. The lowest BCUT2D eigenvalue weighted by Crippen LogP contribution is -2.36. The van der Waals surface area contributed by atoms with Gasteiger partial charge >= 0.3 is 0 Å². The highest BCUT2D eigenvalue weighted by Crippen LogP contribution is 2.15. The largest absolute Gasteiger partial charge is 0.385 e. The minimum atomic E-state index is 0.0565. The van der Waals surface area contributed by atoms with Crippen molar-refractivity contribution < 1.29 is 14.3 Å². The Labute approximate surface area is 140 Å². The van der Waals surface area contributed by atoms with E-state index in [0.29, 0.717) is 19.7 Å². The van der Waals surface area contributed by atoms with Crippen LogP contribution in [0.1, 0.15) is 31.4 Å². The number of hydrogen-bond acceptors (Lipinski definition) is 4. The maximum absolute atomic E-state index is 11.8. The maximum Gasteiger partial charge on any atom is 0.234 e. The minimum Gasteiger partial charge on any atom is -0.385 e. The van der Waals surface area contributed by atoms with Crippen LogP contribution in [0.25, 0.3) is 0 Å². The zero-order chi connectivity index (χ0) is 16.9. The zero-order valence-corrected chi connectivity index (χ0v) is 14.6. The van der Waals surface area contributed by atoms with Crippen LogP contribution in [0.5, 0.6) is 0 Å². The first-order valence-electron chi connectivity index (χ1n) is 8.24. The predicted molar refractivity (Wildman–Crippen MR) is 92.4 cm³/mol. The van der Waals surface area contributed by atoms with Crippen LogP contribution < -0.4 is 5.32 Å². The van der Waals surface area contributed by atoms with Crippen molar-refractivity contribution in [1.82, 2.24) is 10.2 Å². The summed E-state index contributed by atoms with van der Waals surface area (Å²) < 4.78 is 10.8. The SMILES string of the molecule is COCCCN(C)CC(=O)NCCCOC(C)c1ccccc1. The fourth-order valence-corrected chi connectivity index (χ4v) is 2.24. The van der Waals surface area contributed by atoms with E-state index in [0.717, 1.165) is 26.0 Å². The first-order chi connectivity index (χ1) is 11.1. The molecule has 1 amide bonds. The molecule has 1 atom stereocenters. The lowest BCUT2D eigenvalue weighted by Gasteiger charge is -2.16. The third-order valence-corrected chi connectivity index (χ3v) is 3.58. The summed E-state index contributed by atoms with van der Waals surface area (Å²) in [5.74, 6) is 0.0565. The molecular formula is C18H30N2O3. The number of benzene rings is 1. The lowest BCUT2D eigenvalue weighted by atomic mass is 10.1. The van der Waals surface area contributed by atoms with E-state index < -0.39 is 0 Å². The van der Waals surface area contributed by atoms with Crippen molar-refractivity contribution in [3.8, 4) is 0 Å². The van der Waals surface area contributed by atoms with Crippen LogP contribution in [0, 0.1) is 0 Å². The Kier molecular flexibility index (Phi) is 10.3. The molecule has 0 bridgehead atoms. The van der Waals surface area contributed by atoms with E-state index in [4.69, 9.17) is 9.47 Å². The summed E-state index contributed by atoms with van der Waals surface area (Å²) >= 11 is 0. The molecule has 1 unspecified atom stereocenters. The monoisotopic (exact) mass is 322 g/mol. The molecule has 0 fully saturated rings. The molecule has 1 rings (SSSR count). The van der Waals surface area contributed by atoms with Crippen LogP contribution in [-0.2, 0) is 14.3 Å². The van der Waals surface area contributed by atoms with Gasteiger partial charge in [-0.1, -0.05) is 30.3 Å². The number of nitrogens with one attached hydrogen (secondary N) is 1. The van der Waals surface area contributed by atoms with Gasteiger partial charge in [0.05, 0.1) is 12.6 Å². The number of carbonyl (C=O) groups is 1. The summed E-state index contributed by atoms with van der Waals surface area (Å²) in [6.07, 6.45) is 1.83. The van der Waals surface area contributed by atoms with Crippen LogP contribution >= 0.6 is 0 Å². The summed E-state index contributed by atoms with van der Waals surface area (Å²) in [6.45, 7) is 5.34. The summed E-state index contributed by atoms with van der Waals surface area (Å²) in [7, 11) is 3.63. The summed E-state index contributed by atoms with van der Waals surface area (Å²) in [5.41, 5.74) is 1.18. The van der Waals surface area contributed by atoms with E-state index in [1.165, 1.54) is 5.56 Å². The first kappa shape index (κ1) is 19.6. The average Bonchev–Trinajstić information content (AvgIpc) is 2.55. The van der Waals surface area contributed by atoms with Crippen molar-refractivity contribution in [2.75, 3.05) is 47.0 Å². The normalized spacial score (nSPS) is 12.3. The van der Waals surface area contributed by atoms with Crippen molar-refractivity contribution in [2.24, 2.45) is 0 Å². The lowest BCUT2D eigenvalue weighted by molar-refractivity contribution is -0.122. The Balaban J connectivity index is 2.04. The molecular weight excluding hydrogens is 292 g/mol. The Hall–Kier alpha value is -1.43. The van der Waals surface area contributed by atoms with Crippen molar-refractivity contribution in [2.45, 2.75) is 25.9 Å². The molecule has 130 valence electrons. The Morgan fingerprint density at radius 3 is 2.65 bits per heavy atom. The molecule has 5 nitrogen and oxygen atoms in total. The van der Waals surface area contributed by atoms with E-state index in [-0.39, 0.29) is 12.0 Å². The number of nitrogens with zero attached hydrogens (tertiary/aromatic N) is 1. The number of rotatable bonds is 12. The number of ether oxygens (including phenoxy) is 2. The second-order valence-electron chi connectivity index (χ2n) is 5.71. The van der Waals surface area contributed by atoms with Crippen LogP contribution in [0.3, 0.4) is 0 Å². The fraction of sp³-hybridized carbons (Fsp3) is 0.611. The molecule has 0 aromatic heterocycles. The molecule has 0 saturated heterocycles. The van der Waals surface area contributed by atoms with E-state index in [9.17, 15) is 4.79 Å². The zero-order valence-electron chi connectivity index (χ0n) is 14.6. The van der Waals surface area contributed by atoms with Gasteiger partial charge in [-0.3, -0.25) is 9.69 Å². The van der Waals surface area contributed by atoms with Crippen molar-refractivity contribution in [3.63, 3.8) is 0 Å². The molecule has 0 radical (unpaired) electrons. The van der Waals surface area contributed by atoms with E-state index in [2.05, 4.69) is 17.4 Å². The van der Waals surface area contributed by atoms with E-state index >= 15 is 0 Å². The van der Waals surface area contributed by atoms with Gasteiger partial charge in [0.2, 0.25) is 5.91 Å². The average molecular weight is 322 g/mol. The third-order valence-electron chi connectivity index (χ3n) is 3.58. The van der Waals surface area contributed by atoms with Crippen LogP contribution in [-0.4, -0.2) is 57.8 Å². The molecule has 0 aliphatic rings. The highest BCUT2D eigenvalue weighted by atomic mass is 16.5. The van der Waals surface area contributed by atoms with Crippen LogP contribution in [0.2, 0.25) is 0 Å². The highest BCUT2D eigenvalue weighted by Gasteiger charge is 2.07. The number of carbonyl (C=O) groups excluding carboxylic acids is 1. The van der Waals surface area contributed by atoms with Gasteiger partial charge in [0, 0.05) is 33.4 Å². The number of amides is 1. The standard InChI is InChI=1S/C18H30N2O3/c1-16(17-9-5-4-6-10-17)23-14-7-11-19-18(21)15-20(2)12-8-13-22-3/h4-6,9-10,16H,7-8,11-15H2,1-3H3,(H,19,21). The van der Waals surface area contributed by atoms with Gasteiger partial charge in [-0.05, 0) is 32.4 Å². The summed E-state index contributed by atoms with van der Waals surface area (Å²) in [6, 6.07) is 10.1.